The van der Waals surface area contributed by atoms with Crippen LogP contribution in [-0.4, -0.2) is 27.1 Å². The number of rotatable bonds is 9. The molecule has 32 heavy (non-hydrogen) atoms. The van der Waals surface area contributed by atoms with Gasteiger partial charge in [-0.05, 0) is 47.5 Å². The van der Waals surface area contributed by atoms with E-state index in [1.165, 1.54) is 30.5 Å². The maximum Gasteiger partial charge on any atom is 0.203 e. The Morgan fingerprint density at radius 3 is 2.09 bits per heavy atom. The minimum atomic E-state index is -0.438. The largest absolute Gasteiger partial charge is 0.493 e. The average Bonchev–Trinajstić information content (AvgIpc) is 2.82. The van der Waals surface area contributed by atoms with Gasteiger partial charge in [0.1, 0.15) is 5.82 Å². The lowest BCUT2D eigenvalue weighted by molar-refractivity contribution is 0.104. The molecular weight excluding hydrogens is 409 g/mol. The standard InChI is InChI=1S/C26H24FNO4/c1-30-24-15-19(16-25(31-2)26(24)32-3)8-7-18-9-11-22(12-10-18)28-14-13-23(29)20-5-4-6-21(27)17-20/h4-17,28H,1-3H3. The van der Waals surface area contributed by atoms with Crippen molar-refractivity contribution in [2.75, 3.05) is 26.6 Å². The van der Waals surface area contributed by atoms with Crippen LogP contribution in [0.15, 0.2) is 72.9 Å². The number of ether oxygens (including phenoxy) is 3. The Balaban J connectivity index is 1.64. The zero-order valence-corrected chi connectivity index (χ0v) is 18.1. The molecule has 0 amide bonds. The first-order valence-corrected chi connectivity index (χ1v) is 9.85. The van der Waals surface area contributed by atoms with Crippen molar-refractivity contribution in [3.05, 3.63) is 95.4 Å². The van der Waals surface area contributed by atoms with E-state index < -0.39 is 5.82 Å². The summed E-state index contributed by atoms with van der Waals surface area (Å²) in [7, 11) is 4.73. The van der Waals surface area contributed by atoms with E-state index in [0.717, 1.165) is 16.8 Å². The third-order valence-corrected chi connectivity index (χ3v) is 4.66. The highest BCUT2D eigenvalue weighted by Gasteiger charge is 2.11. The molecule has 3 rings (SSSR count). The van der Waals surface area contributed by atoms with Crippen molar-refractivity contribution in [3.8, 4) is 17.2 Å². The fraction of sp³-hybridized carbons (Fsp3) is 0.115. The predicted octanol–water partition coefficient (Wildman–Crippen LogP) is 5.83. The molecule has 0 aliphatic rings. The summed E-state index contributed by atoms with van der Waals surface area (Å²) >= 11 is 0. The van der Waals surface area contributed by atoms with E-state index in [2.05, 4.69) is 5.32 Å². The number of carbonyl (C=O) groups excluding carboxylic acids is 1. The Bertz CT molecular complexity index is 1110. The van der Waals surface area contributed by atoms with E-state index in [4.69, 9.17) is 14.2 Å². The number of halogens is 1. The number of ketones is 1. The summed E-state index contributed by atoms with van der Waals surface area (Å²) in [5.41, 5.74) is 3.01. The van der Waals surface area contributed by atoms with Crippen molar-refractivity contribution in [1.29, 1.82) is 0 Å². The van der Waals surface area contributed by atoms with Crippen LogP contribution in [0.4, 0.5) is 10.1 Å². The van der Waals surface area contributed by atoms with E-state index in [9.17, 15) is 9.18 Å². The number of benzene rings is 3. The third-order valence-electron chi connectivity index (χ3n) is 4.66. The molecule has 1 N–H and O–H groups in total. The van der Waals surface area contributed by atoms with Crippen LogP contribution >= 0.6 is 0 Å². The Kier molecular flexibility index (Phi) is 7.65. The highest BCUT2D eigenvalue weighted by molar-refractivity contribution is 6.04. The lowest BCUT2D eigenvalue weighted by atomic mass is 10.1. The van der Waals surface area contributed by atoms with Crippen molar-refractivity contribution < 1.29 is 23.4 Å². The van der Waals surface area contributed by atoms with Crippen molar-refractivity contribution in [2.24, 2.45) is 0 Å². The summed E-state index contributed by atoms with van der Waals surface area (Å²) in [6.45, 7) is 0. The molecule has 6 heteroatoms. The van der Waals surface area contributed by atoms with Gasteiger partial charge in [-0.15, -0.1) is 0 Å². The molecule has 0 radical (unpaired) electrons. The zero-order chi connectivity index (χ0) is 22.9. The van der Waals surface area contributed by atoms with Crippen LogP contribution < -0.4 is 19.5 Å². The third kappa shape index (κ3) is 5.76. The first-order valence-electron chi connectivity index (χ1n) is 9.85. The second-order valence-electron chi connectivity index (χ2n) is 6.77. The number of hydrogen-bond donors (Lipinski definition) is 1. The van der Waals surface area contributed by atoms with Gasteiger partial charge in [0.15, 0.2) is 17.3 Å². The summed E-state index contributed by atoms with van der Waals surface area (Å²) in [6, 6.07) is 17.0. The number of carbonyl (C=O) groups is 1. The highest BCUT2D eigenvalue weighted by Crippen LogP contribution is 2.38. The topological polar surface area (TPSA) is 56.8 Å². The SMILES string of the molecule is COc1cc(C=Cc2ccc(NC=CC(=O)c3cccc(F)c3)cc2)cc(OC)c1OC. The minimum Gasteiger partial charge on any atom is -0.493 e. The lowest BCUT2D eigenvalue weighted by Gasteiger charge is -2.12. The van der Waals surface area contributed by atoms with Crippen LogP contribution in [0.25, 0.3) is 12.2 Å². The van der Waals surface area contributed by atoms with Crippen molar-refractivity contribution in [1.82, 2.24) is 0 Å². The highest BCUT2D eigenvalue weighted by atomic mass is 19.1. The van der Waals surface area contributed by atoms with Gasteiger partial charge in [-0.3, -0.25) is 4.79 Å². The first-order chi connectivity index (χ1) is 15.5. The molecule has 3 aromatic carbocycles. The maximum absolute atomic E-state index is 13.2. The molecule has 0 heterocycles. The zero-order valence-electron chi connectivity index (χ0n) is 18.1. The minimum absolute atomic E-state index is 0.276. The Morgan fingerprint density at radius 2 is 1.50 bits per heavy atom. The second kappa shape index (κ2) is 10.8. The van der Waals surface area contributed by atoms with Gasteiger partial charge < -0.3 is 19.5 Å². The van der Waals surface area contributed by atoms with Crippen LogP contribution in [0.5, 0.6) is 17.2 Å². The van der Waals surface area contributed by atoms with Gasteiger partial charge in [-0.1, -0.05) is 36.4 Å². The van der Waals surface area contributed by atoms with Crippen LogP contribution in [-0.2, 0) is 0 Å². The van der Waals surface area contributed by atoms with Crippen molar-refractivity contribution in [2.45, 2.75) is 0 Å². The van der Waals surface area contributed by atoms with Crippen LogP contribution in [0.2, 0.25) is 0 Å². The molecule has 3 aromatic rings. The molecule has 0 spiro atoms. The molecule has 0 aliphatic heterocycles. The van der Waals surface area contributed by atoms with Gasteiger partial charge in [0, 0.05) is 23.5 Å². The second-order valence-corrected chi connectivity index (χ2v) is 6.77. The van der Waals surface area contributed by atoms with Gasteiger partial charge >= 0.3 is 0 Å². The van der Waals surface area contributed by atoms with Crippen molar-refractivity contribution >= 4 is 23.6 Å². The summed E-state index contributed by atoms with van der Waals surface area (Å²) in [5, 5.41) is 3.04. The first kappa shape index (κ1) is 22.6. The van der Waals surface area contributed by atoms with Crippen LogP contribution in [0.1, 0.15) is 21.5 Å². The Morgan fingerprint density at radius 1 is 0.844 bits per heavy atom. The van der Waals surface area contributed by atoms with Crippen LogP contribution in [0, 0.1) is 5.82 Å². The van der Waals surface area contributed by atoms with E-state index in [1.54, 1.807) is 27.4 Å². The molecule has 0 fully saturated rings. The monoisotopic (exact) mass is 433 g/mol. The quantitative estimate of drug-likeness (QED) is 0.261. The fourth-order valence-corrected chi connectivity index (χ4v) is 3.03. The number of anilines is 1. The number of hydrogen-bond acceptors (Lipinski definition) is 5. The Labute approximate surface area is 186 Å². The predicted molar refractivity (Wildman–Crippen MR) is 125 cm³/mol. The molecular formula is C26H24FNO4. The molecule has 0 aliphatic carbocycles. The number of methoxy groups -OCH3 is 3. The lowest BCUT2D eigenvalue weighted by Crippen LogP contribution is -1.96. The van der Waals surface area contributed by atoms with Gasteiger partial charge in [-0.25, -0.2) is 4.39 Å². The molecule has 0 atom stereocenters. The van der Waals surface area contributed by atoms with E-state index in [0.29, 0.717) is 22.8 Å². The molecule has 0 aromatic heterocycles. The van der Waals surface area contributed by atoms with Gasteiger partial charge in [0.2, 0.25) is 5.75 Å². The summed E-state index contributed by atoms with van der Waals surface area (Å²) < 4.78 is 29.3. The van der Waals surface area contributed by atoms with Crippen LogP contribution in [0.3, 0.4) is 0 Å². The molecule has 0 bridgehead atoms. The van der Waals surface area contributed by atoms with Gasteiger partial charge in [0.25, 0.3) is 0 Å². The summed E-state index contributed by atoms with van der Waals surface area (Å²) in [4.78, 5) is 12.1. The fourth-order valence-electron chi connectivity index (χ4n) is 3.03. The Hall–Kier alpha value is -4.06. The van der Waals surface area contributed by atoms with E-state index >= 15 is 0 Å². The van der Waals surface area contributed by atoms with Gasteiger partial charge in [-0.2, -0.15) is 0 Å². The summed E-state index contributed by atoms with van der Waals surface area (Å²) in [6.07, 6.45) is 6.82. The van der Waals surface area contributed by atoms with Gasteiger partial charge in [0.05, 0.1) is 21.3 Å². The molecule has 5 nitrogen and oxygen atoms in total. The average molecular weight is 433 g/mol. The molecule has 164 valence electrons. The summed E-state index contributed by atoms with van der Waals surface area (Å²) in [5.74, 6) is 1.01. The molecule has 0 saturated carbocycles. The number of allylic oxidation sites excluding steroid dienone is 1. The molecule has 0 saturated heterocycles. The normalized spacial score (nSPS) is 11.0. The van der Waals surface area contributed by atoms with E-state index in [-0.39, 0.29) is 5.78 Å². The van der Waals surface area contributed by atoms with Crippen molar-refractivity contribution in [3.63, 3.8) is 0 Å². The molecule has 0 unspecified atom stereocenters. The number of nitrogens with one attached hydrogen (secondary N) is 1. The van der Waals surface area contributed by atoms with E-state index in [1.807, 2.05) is 48.6 Å². The maximum atomic E-state index is 13.2. The smallest absolute Gasteiger partial charge is 0.203 e.